The van der Waals surface area contributed by atoms with E-state index >= 15 is 0 Å². The number of aliphatic hydroxyl groups is 1. The summed E-state index contributed by atoms with van der Waals surface area (Å²) in [6, 6.07) is 2.04. The van der Waals surface area contributed by atoms with E-state index in [1.165, 1.54) is 11.8 Å². The number of esters is 1. The lowest BCUT2D eigenvalue weighted by molar-refractivity contribution is -0.147. The fraction of sp³-hybridized carbons (Fsp3) is 0.500. The zero-order valence-corrected chi connectivity index (χ0v) is 17.0. The molecule has 4 nitrogen and oxygen atoms in total. The van der Waals surface area contributed by atoms with Gasteiger partial charge in [-0.25, -0.2) is 17.6 Å². The van der Waals surface area contributed by atoms with Crippen LogP contribution in [0, 0.1) is 51.9 Å². The molecule has 0 bridgehead atoms. The van der Waals surface area contributed by atoms with Crippen molar-refractivity contribution in [2.45, 2.75) is 33.8 Å². The molecule has 1 N–H and O–H groups in total. The molecule has 0 spiro atoms. The average molecular weight is 431 g/mol. The second-order valence-corrected chi connectivity index (χ2v) is 8.50. The summed E-state index contributed by atoms with van der Waals surface area (Å²) in [5.74, 6) is -7.57. The first-order valence-electron chi connectivity index (χ1n) is 8.97. The summed E-state index contributed by atoms with van der Waals surface area (Å²) in [6.07, 6.45) is 1.08. The molecular weight excluding hydrogens is 410 g/mol. The van der Waals surface area contributed by atoms with Crippen molar-refractivity contribution < 1.29 is 32.2 Å². The predicted molar refractivity (Wildman–Crippen MR) is 99.4 cm³/mol. The van der Waals surface area contributed by atoms with Gasteiger partial charge in [-0.2, -0.15) is 5.26 Å². The molecule has 2 rings (SSSR count). The van der Waals surface area contributed by atoms with Gasteiger partial charge < -0.3 is 9.84 Å². The van der Waals surface area contributed by atoms with Crippen molar-refractivity contribution >= 4 is 17.7 Å². The molecule has 0 amide bonds. The number of nitriles is 1. The van der Waals surface area contributed by atoms with Gasteiger partial charge in [0.25, 0.3) is 0 Å². The van der Waals surface area contributed by atoms with Gasteiger partial charge in [-0.15, -0.1) is 11.8 Å². The summed E-state index contributed by atoms with van der Waals surface area (Å²) in [5, 5.41) is 17.9. The molecule has 1 fully saturated rings. The van der Waals surface area contributed by atoms with E-state index in [0.717, 1.165) is 0 Å². The highest BCUT2D eigenvalue weighted by molar-refractivity contribution is 8.03. The first-order valence-corrected chi connectivity index (χ1v) is 9.96. The quantitative estimate of drug-likeness (QED) is 0.288. The zero-order valence-electron chi connectivity index (χ0n) is 16.2. The van der Waals surface area contributed by atoms with Gasteiger partial charge >= 0.3 is 5.97 Å². The third kappa shape index (κ3) is 4.59. The Hall–Kier alpha value is -2.05. The van der Waals surface area contributed by atoms with Crippen LogP contribution in [0.3, 0.4) is 0 Å². The van der Waals surface area contributed by atoms with Gasteiger partial charge in [-0.1, -0.05) is 26.8 Å². The van der Waals surface area contributed by atoms with E-state index in [0.29, 0.717) is 10.7 Å². The Bertz CT molecular complexity index is 850. The summed E-state index contributed by atoms with van der Waals surface area (Å²) in [7, 11) is 0. The van der Waals surface area contributed by atoms with Crippen LogP contribution in [-0.4, -0.2) is 23.4 Å². The zero-order chi connectivity index (χ0) is 21.9. The van der Waals surface area contributed by atoms with Crippen molar-refractivity contribution in [3.63, 3.8) is 0 Å². The van der Waals surface area contributed by atoms with Crippen LogP contribution in [-0.2, 0) is 22.6 Å². The van der Waals surface area contributed by atoms with E-state index in [-0.39, 0.29) is 5.92 Å². The Balaban J connectivity index is 2.17. The van der Waals surface area contributed by atoms with E-state index in [1.54, 1.807) is 19.9 Å². The second kappa shape index (κ2) is 9.18. The van der Waals surface area contributed by atoms with Gasteiger partial charge in [-0.3, -0.25) is 4.79 Å². The molecule has 158 valence electrons. The maximum Gasteiger partial charge on any atom is 0.310 e. The minimum Gasteiger partial charge on any atom is -0.460 e. The number of carbonyl (C=O) groups is 1. The summed E-state index contributed by atoms with van der Waals surface area (Å²) in [4.78, 5) is 12.8. The Kier molecular flexibility index (Phi) is 7.35. The Morgan fingerprint density at radius 3 is 2.24 bits per heavy atom. The highest BCUT2D eigenvalue weighted by Gasteiger charge is 2.61. The fourth-order valence-corrected chi connectivity index (χ4v) is 3.91. The second-order valence-electron chi connectivity index (χ2n) is 7.19. The van der Waals surface area contributed by atoms with Gasteiger partial charge in [-0.05, 0) is 17.1 Å². The van der Waals surface area contributed by atoms with Crippen molar-refractivity contribution in [1.82, 2.24) is 0 Å². The third-order valence-corrected chi connectivity index (χ3v) is 5.90. The maximum absolute atomic E-state index is 14.1. The van der Waals surface area contributed by atoms with E-state index in [2.05, 4.69) is 0 Å². The Morgan fingerprint density at radius 2 is 1.76 bits per heavy atom. The molecule has 0 aliphatic heterocycles. The molecule has 1 aromatic rings. The van der Waals surface area contributed by atoms with Gasteiger partial charge in [0.15, 0.2) is 23.3 Å². The van der Waals surface area contributed by atoms with Crippen LogP contribution in [0.4, 0.5) is 17.6 Å². The summed E-state index contributed by atoms with van der Waals surface area (Å²) < 4.78 is 61.1. The molecule has 9 heteroatoms. The van der Waals surface area contributed by atoms with Crippen LogP contribution in [0.5, 0.6) is 0 Å². The molecule has 2 atom stereocenters. The summed E-state index contributed by atoms with van der Waals surface area (Å²) in [5.41, 5.74) is -2.45. The highest BCUT2D eigenvalue weighted by Crippen LogP contribution is 2.60. The van der Waals surface area contributed by atoms with Gasteiger partial charge in [0.2, 0.25) is 0 Å². The lowest BCUT2D eigenvalue weighted by Crippen LogP contribution is -2.15. The van der Waals surface area contributed by atoms with E-state index < -0.39 is 71.3 Å². The lowest BCUT2D eigenvalue weighted by Gasteiger charge is -2.12. The van der Waals surface area contributed by atoms with Gasteiger partial charge in [0.05, 0.1) is 16.4 Å². The molecule has 1 aromatic carbocycles. The molecule has 0 saturated heterocycles. The van der Waals surface area contributed by atoms with E-state index in [1.807, 2.05) is 13.0 Å². The minimum atomic E-state index is -1.65. The van der Waals surface area contributed by atoms with Crippen molar-refractivity contribution in [2.24, 2.45) is 17.3 Å². The average Bonchev–Trinajstić information content (AvgIpc) is 3.22. The minimum absolute atomic E-state index is 0.293. The van der Waals surface area contributed by atoms with Crippen LogP contribution in [0.25, 0.3) is 0 Å². The number of carbonyl (C=O) groups excluding carboxylic acids is 1. The van der Waals surface area contributed by atoms with Gasteiger partial charge in [0.1, 0.15) is 12.7 Å². The molecule has 1 saturated carbocycles. The van der Waals surface area contributed by atoms with E-state index in [4.69, 9.17) is 15.1 Å². The Labute approximate surface area is 170 Å². The monoisotopic (exact) mass is 431 g/mol. The number of halogens is 4. The topological polar surface area (TPSA) is 70.3 Å². The number of nitrogens with zero attached hydrogens (tertiary/aromatic N) is 1. The van der Waals surface area contributed by atoms with Crippen molar-refractivity contribution in [2.75, 3.05) is 12.4 Å². The first-order chi connectivity index (χ1) is 13.6. The molecule has 0 radical (unpaired) electrons. The fourth-order valence-electron chi connectivity index (χ4n) is 3.29. The standard InChI is InChI=1S/C20H21F4NO3S/c1-4-29-10(8-25)7-13-14(20(13,2)3)19(27)28-9-12-17(23)15(21)11(5-6-26)16(22)18(12)24/h7,13-14,26H,4-6,9H2,1-3H3/t13-,14+/m1/s1. The maximum atomic E-state index is 14.1. The molecule has 0 aromatic heterocycles. The number of thioether (sulfide) groups is 1. The van der Waals surface area contributed by atoms with Crippen LogP contribution in [0.2, 0.25) is 0 Å². The number of hydrogen-bond acceptors (Lipinski definition) is 5. The number of ether oxygens (including phenoxy) is 1. The van der Waals surface area contributed by atoms with Crippen LogP contribution >= 0.6 is 11.8 Å². The van der Waals surface area contributed by atoms with E-state index in [9.17, 15) is 22.4 Å². The molecule has 0 heterocycles. The number of rotatable bonds is 8. The van der Waals surface area contributed by atoms with Crippen molar-refractivity contribution in [3.05, 3.63) is 45.4 Å². The lowest BCUT2D eigenvalue weighted by atomic mass is 10.1. The largest absolute Gasteiger partial charge is 0.460 e. The number of allylic oxidation sites excluding steroid dienone is 2. The number of hydrogen-bond donors (Lipinski definition) is 1. The Morgan fingerprint density at radius 1 is 1.21 bits per heavy atom. The molecule has 29 heavy (non-hydrogen) atoms. The van der Waals surface area contributed by atoms with Crippen molar-refractivity contribution in [3.8, 4) is 6.07 Å². The highest BCUT2D eigenvalue weighted by atomic mass is 32.2. The van der Waals surface area contributed by atoms with Crippen LogP contribution in [0.1, 0.15) is 31.9 Å². The number of aliphatic hydroxyl groups excluding tert-OH is 1. The molecular formula is C20H21F4NO3S. The van der Waals surface area contributed by atoms with Crippen LogP contribution in [0.15, 0.2) is 11.0 Å². The molecule has 1 aliphatic rings. The normalized spacial score (nSPS) is 20.3. The predicted octanol–water partition coefficient (Wildman–Crippen LogP) is 4.25. The summed E-state index contributed by atoms with van der Waals surface area (Å²) >= 11 is 1.33. The first kappa shape index (κ1) is 23.2. The molecule has 1 aliphatic carbocycles. The number of benzene rings is 1. The van der Waals surface area contributed by atoms with Gasteiger partial charge in [0, 0.05) is 18.6 Å². The van der Waals surface area contributed by atoms with Crippen molar-refractivity contribution in [1.29, 1.82) is 5.26 Å². The summed E-state index contributed by atoms with van der Waals surface area (Å²) in [6.45, 7) is 3.80. The SMILES string of the molecule is CCSC(C#N)=C[C@@H]1[C@@H](C(=O)OCc2c(F)c(F)c(CCO)c(F)c2F)C1(C)C. The van der Waals surface area contributed by atoms with Crippen LogP contribution < -0.4 is 0 Å². The molecule has 0 unspecified atom stereocenters. The smallest absolute Gasteiger partial charge is 0.310 e. The third-order valence-electron chi connectivity index (χ3n) is 5.07.